The fourth-order valence-electron chi connectivity index (χ4n) is 2.84. The molecule has 2 aliphatic rings. The van der Waals surface area contributed by atoms with Gasteiger partial charge in [0, 0.05) is 11.1 Å². The van der Waals surface area contributed by atoms with Crippen molar-refractivity contribution in [2.24, 2.45) is 5.92 Å². The van der Waals surface area contributed by atoms with Crippen molar-refractivity contribution in [3.8, 4) is 0 Å². The van der Waals surface area contributed by atoms with E-state index in [4.69, 9.17) is 0 Å². The van der Waals surface area contributed by atoms with Crippen molar-refractivity contribution in [1.82, 2.24) is 35.8 Å². The normalized spacial score (nSPS) is 19.8. The molecular weight excluding hydrogens is 326 g/mol. The second kappa shape index (κ2) is 6.12. The summed E-state index contributed by atoms with van der Waals surface area (Å²) in [5.41, 5.74) is 0. The van der Waals surface area contributed by atoms with E-state index in [1.165, 1.54) is 0 Å². The lowest BCUT2D eigenvalue weighted by Crippen LogP contribution is -2.40. The highest BCUT2D eigenvalue weighted by Crippen LogP contribution is 2.42. The van der Waals surface area contributed by atoms with Gasteiger partial charge in [-0.1, -0.05) is 0 Å². The molecule has 2 aromatic heterocycles. The number of tetrazole rings is 1. The summed E-state index contributed by atoms with van der Waals surface area (Å²) in [5, 5.41) is 18.9. The van der Waals surface area contributed by atoms with Gasteiger partial charge >= 0.3 is 6.03 Å². The Kier molecular flexibility index (Phi) is 3.95. The monoisotopic (exact) mass is 347 g/mol. The van der Waals surface area contributed by atoms with Crippen molar-refractivity contribution in [1.29, 1.82) is 0 Å². The van der Waals surface area contributed by atoms with Crippen LogP contribution in [-0.4, -0.2) is 31.2 Å². The molecule has 0 bridgehead atoms. The Morgan fingerprint density at radius 1 is 1.33 bits per heavy atom. The molecule has 4 rings (SSSR count). The van der Waals surface area contributed by atoms with Gasteiger partial charge in [-0.2, -0.15) is 0 Å². The molecule has 9 heteroatoms. The molecular formula is C15H21N7OS. The van der Waals surface area contributed by atoms with Crippen molar-refractivity contribution in [2.75, 3.05) is 0 Å². The average molecular weight is 347 g/mol. The van der Waals surface area contributed by atoms with Gasteiger partial charge in [0.25, 0.3) is 0 Å². The molecule has 0 spiro atoms. The Morgan fingerprint density at radius 2 is 2.12 bits per heavy atom. The molecule has 0 radical (unpaired) electrons. The highest BCUT2D eigenvalue weighted by molar-refractivity contribution is 7.11. The number of aromatic nitrogens is 5. The van der Waals surface area contributed by atoms with Crippen LogP contribution in [0.5, 0.6) is 0 Å². The maximum atomic E-state index is 12.4. The molecule has 2 aromatic rings. The van der Waals surface area contributed by atoms with Crippen LogP contribution in [0.15, 0.2) is 6.20 Å². The van der Waals surface area contributed by atoms with E-state index in [1.54, 1.807) is 11.3 Å². The highest BCUT2D eigenvalue weighted by Gasteiger charge is 2.36. The number of carbonyl (C=O) groups excluding carboxylic acids is 1. The van der Waals surface area contributed by atoms with E-state index in [2.05, 4.69) is 31.1 Å². The Morgan fingerprint density at radius 3 is 2.75 bits per heavy atom. The van der Waals surface area contributed by atoms with Crippen LogP contribution >= 0.6 is 11.3 Å². The predicted molar refractivity (Wildman–Crippen MR) is 88.5 cm³/mol. The summed E-state index contributed by atoms with van der Waals surface area (Å²) in [4.78, 5) is 18.1. The average Bonchev–Trinajstić information content (AvgIpc) is 3.47. The molecule has 2 saturated carbocycles. The van der Waals surface area contributed by atoms with Gasteiger partial charge in [0.1, 0.15) is 5.01 Å². The maximum absolute atomic E-state index is 12.4. The first-order valence-corrected chi connectivity index (χ1v) is 9.20. The fourth-order valence-corrected chi connectivity index (χ4v) is 3.75. The maximum Gasteiger partial charge on any atom is 0.315 e. The summed E-state index contributed by atoms with van der Waals surface area (Å²) >= 11 is 1.65. The van der Waals surface area contributed by atoms with Gasteiger partial charge in [-0.05, 0) is 55.9 Å². The van der Waals surface area contributed by atoms with Gasteiger partial charge in [0.2, 0.25) is 0 Å². The van der Waals surface area contributed by atoms with Crippen LogP contribution in [0.1, 0.15) is 66.4 Å². The second-order valence-electron chi connectivity index (χ2n) is 6.68. The van der Waals surface area contributed by atoms with Crippen molar-refractivity contribution >= 4 is 17.4 Å². The molecule has 0 saturated heterocycles. The van der Waals surface area contributed by atoms with E-state index >= 15 is 0 Å². The number of urea groups is 1. The zero-order valence-corrected chi connectivity index (χ0v) is 14.6. The van der Waals surface area contributed by atoms with Crippen LogP contribution in [0.4, 0.5) is 4.79 Å². The summed E-state index contributed by atoms with van der Waals surface area (Å²) in [6, 6.07) is -0.0498. The van der Waals surface area contributed by atoms with Gasteiger partial charge in [-0.3, -0.25) is 0 Å². The third-order valence-electron chi connectivity index (χ3n) is 4.43. The van der Waals surface area contributed by atoms with Gasteiger partial charge in [-0.15, -0.1) is 16.4 Å². The SMILES string of the molecule is Cc1cnc([C@@H](NC(=O)N[C@H](C)c2nnnn2C2CC2)C2CC2)s1. The number of hydrogen-bond acceptors (Lipinski definition) is 6. The number of rotatable bonds is 6. The minimum atomic E-state index is -0.238. The topological polar surface area (TPSA) is 97.6 Å². The van der Waals surface area contributed by atoms with Crippen molar-refractivity contribution in [3.05, 3.63) is 21.9 Å². The van der Waals surface area contributed by atoms with E-state index in [-0.39, 0.29) is 18.1 Å². The van der Waals surface area contributed by atoms with E-state index in [9.17, 15) is 4.79 Å². The number of carbonyl (C=O) groups is 1. The number of nitrogens with zero attached hydrogens (tertiary/aromatic N) is 5. The van der Waals surface area contributed by atoms with E-state index in [0.29, 0.717) is 17.8 Å². The number of thiazole rings is 1. The van der Waals surface area contributed by atoms with Crippen molar-refractivity contribution in [2.45, 2.75) is 57.7 Å². The summed E-state index contributed by atoms with van der Waals surface area (Å²) < 4.78 is 1.83. The Bertz CT molecular complexity index is 734. The largest absolute Gasteiger partial charge is 0.329 e. The number of amides is 2. The molecule has 2 amide bonds. The molecule has 128 valence electrons. The minimum absolute atomic E-state index is 0.00433. The standard InChI is InChI=1S/C15H21N7OS/c1-8-7-16-14(24-8)12(10-3-4-10)18-15(23)17-9(2)13-19-20-21-22(13)11-5-6-11/h7,9-12H,3-6H2,1-2H3,(H2,17,18,23)/t9-,12+/m1/s1. The number of hydrogen-bond donors (Lipinski definition) is 2. The molecule has 0 aromatic carbocycles. The highest BCUT2D eigenvalue weighted by atomic mass is 32.1. The molecule has 0 unspecified atom stereocenters. The molecule has 24 heavy (non-hydrogen) atoms. The predicted octanol–water partition coefficient (Wildman–Crippen LogP) is 2.28. The van der Waals surface area contributed by atoms with Crippen LogP contribution in [0.2, 0.25) is 0 Å². The second-order valence-corrected chi connectivity index (χ2v) is 7.94. The minimum Gasteiger partial charge on any atom is -0.329 e. The first-order chi connectivity index (χ1) is 11.6. The lowest BCUT2D eigenvalue weighted by Gasteiger charge is -2.19. The van der Waals surface area contributed by atoms with Crippen molar-refractivity contribution < 1.29 is 4.79 Å². The quantitative estimate of drug-likeness (QED) is 0.835. The van der Waals surface area contributed by atoms with Crippen LogP contribution in [0, 0.1) is 12.8 Å². The van der Waals surface area contributed by atoms with Gasteiger partial charge in [-0.25, -0.2) is 14.5 Å². The van der Waals surface area contributed by atoms with Crippen LogP contribution < -0.4 is 10.6 Å². The first kappa shape index (κ1) is 15.5. The molecule has 2 aliphatic carbocycles. The molecule has 2 atom stereocenters. The van der Waals surface area contributed by atoms with E-state index in [0.717, 1.165) is 35.6 Å². The summed E-state index contributed by atoms with van der Waals surface area (Å²) in [6.07, 6.45) is 6.34. The summed E-state index contributed by atoms with van der Waals surface area (Å²) in [5.74, 6) is 1.20. The molecule has 2 heterocycles. The van der Waals surface area contributed by atoms with Crippen molar-refractivity contribution in [3.63, 3.8) is 0 Å². The Balaban J connectivity index is 1.40. The van der Waals surface area contributed by atoms with Gasteiger partial charge < -0.3 is 10.6 Å². The number of aryl methyl sites for hydroxylation is 1. The zero-order valence-electron chi connectivity index (χ0n) is 13.8. The fraction of sp³-hybridized carbons (Fsp3) is 0.667. The van der Waals surface area contributed by atoms with E-state index in [1.807, 2.05) is 24.7 Å². The van der Waals surface area contributed by atoms with Crippen LogP contribution in [0.25, 0.3) is 0 Å². The molecule has 2 N–H and O–H groups in total. The van der Waals surface area contributed by atoms with Gasteiger partial charge in [0.05, 0.1) is 18.1 Å². The lowest BCUT2D eigenvalue weighted by atomic mass is 10.2. The lowest BCUT2D eigenvalue weighted by molar-refractivity contribution is 0.231. The van der Waals surface area contributed by atoms with Crippen LogP contribution in [0.3, 0.4) is 0 Å². The van der Waals surface area contributed by atoms with E-state index < -0.39 is 0 Å². The third-order valence-corrected chi connectivity index (χ3v) is 5.43. The zero-order chi connectivity index (χ0) is 16.7. The smallest absolute Gasteiger partial charge is 0.315 e. The molecule has 8 nitrogen and oxygen atoms in total. The number of nitrogens with one attached hydrogen (secondary N) is 2. The summed E-state index contributed by atoms with van der Waals surface area (Å²) in [6.45, 7) is 3.94. The third kappa shape index (κ3) is 3.26. The Hall–Kier alpha value is -2.03. The van der Waals surface area contributed by atoms with Crippen LogP contribution in [-0.2, 0) is 0 Å². The molecule has 0 aliphatic heterocycles. The van der Waals surface area contributed by atoms with Gasteiger partial charge in [0.15, 0.2) is 5.82 Å². The first-order valence-electron chi connectivity index (χ1n) is 8.39. The molecule has 2 fully saturated rings. The summed E-state index contributed by atoms with van der Waals surface area (Å²) in [7, 11) is 0. The Labute approximate surface area is 144 Å².